The molecular weight excluding hydrogens is 387 g/mol. The maximum absolute atomic E-state index is 13.6. The van der Waals surface area contributed by atoms with Gasteiger partial charge in [-0.1, -0.05) is 39.7 Å². The minimum absolute atomic E-state index is 0.00891. The molecule has 2 N–H and O–H groups in total. The van der Waals surface area contributed by atoms with Crippen molar-refractivity contribution in [2.75, 3.05) is 11.9 Å². The maximum Gasteiger partial charge on any atom is 0.256 e. The third-order valence-electron chi connectivity index (χ3n) is 3.05. The molecule has 0 heterocycles. The summed E-state index contributed by atoms with van der Waals surface area (Å²) in [7, 11) is 0. The van der Waals surface area contributed by atoms with Crippen molar-refractivity contribution in [2.45, 2.75) is 6.92 Å². The third kappa shape index (κ3) is 4.53. The second kappa shape index (κ2) is 7.57. The van der Waals surface area contributed by atoms with E-state index in [9.17, 15) is 14.0 Å². The molecule has 0 radical (unpaired) electrons. The molecule has 0 bridgehead atoms. The number of amides is 2. The fourth-order valence-electron chi connectivity index (χ4n) is 1.84. The fourth-order valence-corrected chi connectivity index (χ4v) is 2.47. The number of hydrogen-bond acceptors (Lipinski definition) is 2. The van der Waals surface area contributed by atoms with Gasteiger partial charge in [-0.2, -0.15) is 0 Å². The smallest absolute Gasteiger partial charge is 0.256 e. The highest BCUT2D eigenvalue weighted by molar-refractivity contribution is 9.10. The first-order valence-electron chi connectivity index (χ1n) is 6.66. The van der Waals surface area contributed by atoms with E-state index in [4.69, 9.17) is 11.6 Å². The van der Waals surface area contributed by atoms with E-state index in [2.05, 4.69) is 26.6 Å². The Hall–Kier alpha value is -1.92. The highest BCUT2D eigenvalue weighted by atomic mass is 79.9. The lowest BCUT2D eigenvalue weighted by Crippen LogP contribution is -2.33. The van der Waals surface area contributed by atoms with Gasteiger partial charge in [-0.15, -0.1) is 0 Å². The largest absolute Gasteiger partial charge is 0.343 e. The molecule has 2 rings (SSSR count). The molecule has 0 spiro atoms. The van der Waals surface area contributed by atoms with Crippen LogP contribution in [-0.2, 0) is 4.79 Å². The lowest BCUT2D eigenvalue weighted by Gasteiger charge is -2.09. The SMILES string of the molecule is Cc1ccc(NC(=O)CNC(=O)c2c(F)cccc2Cl)cc1Br. The molecule has 0 saturated carbocycles. The van der Waals surface area contributed by atoms with Crippen molar-refractivity contribution >= 4 is 45.0 Å². The summed E-state index contributed by atoms with van der Waals surface area (Å²) in [6, 6.07) is 9.28. The Balaban J connectivity index is 1.96. The molecule has 0 saturated heterocycles. The molecule has 7 heteroatoms. The molecular formula is C16H13BrClFN2O2. The molecule has 23 heavy (non-hydrogen) atoms. The Bertz CT molecular complexity index is 747. The molecule has 2 aromatic rings. The predicted molar refractivity (Wildman–Crippen MR) is 91.3 cm³/mol. The molecule has 0 unspecified atom stereocenters. The standard InChI is InChI=1S/C16H13BrClFN2O2/c1-9-5-6-10(7-11(9)17)21-14(22)8-20-16(23)15-12(18)3-2-4-13(15)19/h2-7H,8H2,1H3,(H,20,23)(H,21,22). The molecule has 0 atom stereocenters. The van der Waals surface area contributed by atoms with Crippen LogP contribution in [0.15, 0.2) is 40.9 Å². The van der Waals surface area contributed by atoms with Gasteiger partial charge in [-0.25, -0.2) is 4.39 Å². The van der Waals surface area contributed by atoms with Crippen LogP contribution in [0.4, 0.5) is 10.1 Å². The van der Waals surface area contributed by atoms with Crippen molar-refractivity contribution in [1.29, 1.82) is 0 Å². The van der Waals surface area contributed by atoms with Crippen molar-refractivity contribution in [3.8, 4) is 0 Å². The summed E-state index contributed by atoms with van der Waals surface area (Å²) in [5.74, 6) is -1.91. The number of anilines is 1. The molecule has 0 aliphatic rings. The Kier molecular flexibility index (Phi) is 5.74. The van der Waals surface area contributed by atoms with E-state index in [-0.39, 0.29) is 17.1 Å². The molecule has 0 fully saturated rings. The average Bonchev–Trinajstić information content (AvgIpc) is 2.49. The van der Waals surface area contributed by atoms with Crippen molar-refractivity contribution in [3.05, 3.63) is 62.8 Å². The highest BCUT2D eigenvalue weighted by Gasteiger charge is 2.16. The van der Waals surface area contributed by atoms with Gasteiger partial charge in [-0.3, -0.25) is 9.59 Å². The van der Waals surface area contributed by atoms with E-state index in [1.807, 2.05) is 13.0 Å². The van der Waals surface area contributed by atoms with E-state index >= 15 is 0 Å². The summed E-state index contributed by atoms with van der Waals surface area (Å²) in [4.78, 5) is 23.8. The number of carbonyl (C=O) groups is 2. The van der Waals surface area contributed by atoms with Gasteiger partial charge in [0.2, 0.25) is 5.91 Å². The van der Waals surface area contributed by atoms with Crippen LogP contribution in [0, 0.1) is 12.7 Å². The molecule has 0 aliphatic heterocycles. The van der Waals surface area contributed by atoms with Crippen LogP contribution in [0.2, 0.25) is 5.02 Å². The van der Waals surface area contributed by atoms with Crippen LogP contribution < -0.4 is 10.6 Å². The van der Waals surface area contributed by atoms with E-state index in [1.165, 1.54) is 12.1 Å². The van der Waals surface area contributed by atoms with E-state index in [0.29, 0.717) is 5.69 Å². The Morgan fingerprint density at radius 1 is 1.26 bits per heavy atom. The number of aryl methyl sites for hydroxylation is 1. The van der Waals surface area contributed by atoms with Gasteiger partial charge in [0.05, 0.1) is 17.1 Å². The number of benzene rings is 2. The van der Waals surface area contributed by atoms with Crippen molar-refractivity contribution < 1.29 is 14.0 Å². The zero-order valence-electron chi connectivity index (χ0n) is 12.1. The van der Waals surface area contributed by atoms with Gasteiger partial charge in [0.25, 0.3) is 5.91 Å². The van der Waals surface area contributed by atoms with Crippen LogP contribution in [0.25, 0.3) is 0 Å². The van der Waals surface area contributed by atoms with E-state index in [1.54, 1.807) is 12.1 Å². The topological polar surface area (TPSA) is 58.2 Å². The predicted octanol–water partition coefficient (Wildman–Crippen LogP) is 3.92. The monoisotopic (exact) mass is 398 g/mol. The summed E-state index contributed by atoms with van der Waals surface area (Å²) >= 11 is 9.16. The molecule has 2 amide bonds. The Labute approximate surface area is 146 Å². The van der Waals surface area contributed by atoms with Crippen LogP contribution in [-0.4, -0.2) is 18.4 Å². The first-order valence-corrected chi connectivity index (χ1v) is 7.84. The average molecular weight is 400 g/mol. The van der Waals surface area contributed by atoms with Gasteiger partial charge in [0, 0.05) is 10.2 Å². The summed E-state index contributed by atoms with van der Waals surface area (Å²) < 4.78 is 14.5. The summed E-state index contributed by atoms with van der Waals surface area (Å²) in [6.45, 7) is 1.63. The van der Waals surface area contributed by atoms with Crippen molar-refractivity contribution in [1.82, 2.24) is 5.32 Å². The highest BCUT2D eigenvalue weighted by Crippen LogP contribution is 2.21. The Morgan fingerprint density at radius 2 is 2.00 bits per heavy atom. The van der Waals surface area contributed by atoms with Gasteiger partial charge < -0.3 is 10.6 Å². The third-order valence-corrected chi connectivity index (χ3v) is 4.22. The van der Waals surface area contributed by atoms with Crippen LogP contribution in [0.1, 0.15) is 15.9 Å². The van der Waals surface area contributed by atoms with Crippen LogP contribution in [0.5, 0.6) is 0 Å². The number of nitrogens with one attached hydrogen (secondary N) is 2. The molecule has 0 aliphatic carbocycles. The molecule has 4 nitrogen and oxygen atoms in total. The Morgan fingerprint density at radius 3 is 2.65 bits per heavy atom. The zero-order valence-corrected chi connectivity index (χ0v) is 14.5. The molecule has 2 aromatic carbocycles. The quantitative estimate of drug-likeness (QED) is 0.819. The first kappa shape index (κ1) is 17.4. The number of hydrogen-bond donors (Lipinski definition) is 2. The summed E-state index contributed by atoms with van der Waals surface area (Å²) in [5.41, 5.74) is 1.34. The van der Waals surface area contributed by atoms with Crippen molar-refractivity contribution in [3.63, 3.8) is 0 Å². The van der Waals surface area contributed by atoms with Gasteiger partial charge in [-0.05, 0) is 36.8 Å². The lowest BCUT2D eigenvalue weighted by molar-refractivity contribution is -0.115. The number of halogens is 3. The maximum atomic E-state index is 13.6. The number of carbonyl (C=O) groups excluding carboxylic acids is 2. The van der Waals surface area contributed by atoms with Crippen LogP contribution in [0.3, 0.4) is 0 Å². The molecule has 0 aromatic heterocycles. The minimum Gasteiger partial charge on any atom is -0.343 e. The second-order valence-corrected chi connectivity index (χ2v) is 6.05. The first-order chi connectivity index (χ1) is 10.9. The second-order valence-electron chi connectivity index (χ2n) is 4.79. The zero-order chi connectivity index (χ0) is 17.0. The molecule has 120 valence electrons. The van der Waals surface area contributed by atoms with E-state index in [0.717, 1.165) is 16.1 Å². The van der Waals surface area contributed by atoms with Crippen molar-refractivity contribution in [2.24, 2.45) is 0 Å². The van der Waals surface area contributed by atoms with Gasteiger partial charge in [0.1, 0.15) is 5.82 Å². The normalized spacial score (nSPS) is 10.3. The van der Waals surface area contributed by atoms with Crippen LogP contribution >= 0.6 is 27.5 Å². The fraction of sp³-hybridized carbons (Fsp3) is 0.125. The van der Waals surface area contributed by atoms with E-state index < -0.39 is 17.6 Å². The van der Waals surface area contributed by atoms with Gasteiger partial charge >= 0.3 is 0 Å². The van der Waals surface area contributed by atoms with Gasteiger partial charge in [0.15, 0.2) is 0 Å². The number of rotatable bonds is 4. The lowest BCUT2D eigenvalue weighted by atomic mass is 10.2. The summed E-state index contributed by atoms with van der Waals surface area (Å²) in [6.07, 6.45) is 0. The summed E-state index contributed by atoms with van der Waals surface area (Å²) in [5, 5.41) is 4.97. The minimum atomic E-state index is -0.742.